The maximum atomic E-state index is 13.4. The van der Waals surface area contributed by atoms with Gasteiger partial charge in [-0.2, -0.15) is 0 Å². The van der Waals surface area contributed by atoms with Crippen LogP contribution in [0, 0.1) is 5.82 Å². The summed E-state index contributed by atoms with van der Waals surface area (Å²) in [6.45, 7) is 3.67. The van der Waals surface area contributed by atoms with E-state index in [0.29, 0.717) is 5.56 Å². The molecule has 1 aromatic carbocycles. The third kappa shape index (κ3) is 3.71. The molecule has 0 spiro atoms. The first-order chi connectivity index (χ1) is 8.08. The molecule has 1 rings (SSSR count). The summed E-state index contributed by atoms with van der Waals surface area (Å²) in [6, 6.07) is 4.31. The molecule has 94 valence electrons. The highest BCUT2D eigenvalue weighted by atomic mass is 19.1. The highest BCUT2D eigenvalue weighted by Gasteiger charge is 2.16. The van der Waals surface area contributed by atoms with Gasteiger partial charge in [0.1, 0.15) is 11.6 Å². The maximum Gasteiger partial charge on any atom is 0.347 e. The van der Waals surface area contributed by atoms with Gasteiger partial charge in [-0.05, 0) is 19.9 Å². The summed E-state index contributed by atoms with van der Waals surface area (Å²) in [7, 11) is 0. The predicted molar refractivity (Wildman–Crippen MR) is 61.0 cm³/mol. The molecule has 2 N–H and O–H groups in total. The molecule has 0 radical (unpaired) electrons. The Kier molecular flexibility index (Phi) is 4.90. The van der Waals surface area contributed by atoms with Crippen LogP contribution in [0.5, 0.6) is 5.75 Å². The third-order valence-electron chi connectivity index (χ3n) is 2.18. The molecule has 4 nitrogen and oxygen atoms in total. The fraction of sp³-hybridized carbons (Fsp3) is 0.417. The Balaban J connectivity index is 2.68. The molecule has 0 aliphatic heterocycles. The Hall–Kier alpha value is -1.62. The van der Waals surface area contributed by atoms with Crippen molar-refractivity contribution in [3.63, 3.8) is 0 Å². The van der Waals surface area contributed by atoms with E-state index in [1.807, 2.05) is 0 Å². The zero-order valence-corrected chi connectivity index (χ0v) is 9.90. The van der Waals surface area contributed by atoms with Crippen molar-refractivity contribution in [1.82, 2.24) is 0 Å². The SMILES string of the molecule is CCOC(=O)[C@H](C)Oc1ccc(CN)c(F)c1. The molecule has 0 saturated heterocycles. The smallest absolute Gasteiger partial charge is 0.347 e. The van der Waals surface area contributed by atoms with E-state index in [1.54, 1.807) is 19.9 Å². The van der Waals surface area contributed by atoms with E-state index in [1.165, 1.54) is 12.1 Å². The van der Waals surface area contributed by atoms with Crippen LogP contribution in [0.2, 0.25) is 0 Å². The summed E-state index contributed by atoms with van der Waals surface area (Å²) < 4.78 is 23.4. The molecule has 17 heavy (non-hydrogen) atoms. The Labute approximate surface area is 99.5 Å². The van der Waals surface area contributed by atoms with Gasteiger partial charge in [0.05, 0.1) is 6.61 Å². The van der Waals surface area contributed by atoms with Crippen LogP contribution in [0.4, 0.5) is 4.39 Å². The highest BCUT2D eigenvalue weighted by Crippen LogP contribution is 2.17. The first-order valence-corrected chi connectivity index (χ1v) is 5.40. The Morgan fingerprint density at radius 1 is 1.53 bits per heavy atom. The van der Waals surface area contributed by atoms with Crippen molar-refractivity contribution in [1.29, 1.82) is 0 Å². The van der Waals surface area contributed by atoms with Gasteiger partial charge in [0.25, 0.3) is 0 Å². The Morgan fingerprint density at radius 2 is 2.24 bits per heavy atom. The molecular weight excluding hydrogens is 225 g/mol. The molecule has 0 heterocycles. The van der Waals surface area contributed by atoms with Gasteiger partial charge in [0.15, 0.2) is 6.10 Å². The topological polar surface area (TPSA) is 61.5 Å². The minimum absolute atomic E-state index is 0.125. The normalized spacial score (nSPS) is 12.0. The predicted octanol–water partition coefficient (Wildman–Crippen LogP) is 1.61. The second kappa shape index (κ2) is 6.20. The molecular formula is C12H16FNO3. The first kappa shape index (κ1) is 13.4. The molecule has 0 aliphatic rings. The van der Waals surface area contributed by atoms with Crippen LogP contribution >= 0.6 is 0 Å². The Morgan fingerprint density at radius 3 is 2.76 bits per heavy atom. The lowest BCUT2D eigenvalue weighted by Crippen LogP contribution is -2.26. The van der Waals surface area contributed by atoms with Crippen LogP contribution in [0.1, 0.15) is 19.4 Å². The fourth-order valence-corrected chi connectivity index (χ4v) is 1.28. The lowest BCUT2D eigenvalue weighted by molar-refractivity contribution is -0.150. The molecule has 0 unspecified atom stereocenters. The van der Waals surface area contributed by atoms with Crippen molar-refractivity contribution >= 4 is 5.97 Å². The van der Waals surface area contributed by atoms with E-state index >= 15 is 0 Å². The van der Waals surface area contributed by atoms with Gasteiger partial charge < -0.3 is 15.2 Å². The molecule has 0 amide bonds. The van der Waals surface area contributed by atoms with Gasteiger partial charge in [-0.25, -0.2) is 9.18 Å². The van der Waals surface area contributed by atoms with Crippen molar-refractivity contribution in [3.05, 3.63) is 29.6 Å². The largest absolute Gasteiger partial charge is 0.479 e. The first-order valence-electron chi connectivity index (χ1n) is 5.40. The molecule has 1 atom stereocenters. The molecule has 1 aromatic rings. The number of benzene rings is 1. The number of rotatable bonds is 5. The minimum Gasteiger partial charge on any atom is -0.479 e. The summed E-state index contributed by atoms with van der Waals surface area (Å²) in [4.78, 5) is 11.3. The second-order valence-corrected chi connectivity index (χ2v) is 3.47. The number of hydrogen-bond acceptors (Lipinski definition) is 4. The van der Waals surface area contributed by atoms with E-state index in [4.69, 9.17) is 15.2 Å². The number of carbonyl (C=O) groups excluding carboxylic acids is 1. The van der Waals surface area contributed by atoms with Gasteiger partial charge >= 0.3 is 5.97 Å². The molecule has 0 aromatic heterocycles. The number of nitrogens with two attached hydrogens (primary N) is 1. The number of carbonyl (C=O) groups is 1. The van der Waals surface area contributed by atoms with Crippen LogP contribution < -0.4 is 10.5 Å². The summed E-state index contributed by atoms with van der Waals surface area (Å²) in [5.74, 6) is -0.642. The van der Waals surface area contributed by atoms with Crippen LogP contribution in [-0.4, -0.2) is 18.7 Å². The van der Waals surface area contributed by atoms with Gasteiger partial charge in [-0.1, -0.05) is 6.07 Å². The molecule has 5 heteroatoms. The number of halogens is 1. The van der Waals surface area contributed by atoms with Crippen molar-refractivity contribution in [2.45, 2.75) is 26.5 Å². The van der Waals surface area contributed by atoms with Crippen molar-refractivity contribution in [2.75, 3.05) is 6.61 Å². The van der Waals surface area contributed by atoms with Crippen LogP contribution in [0.15, 0.2) is 18.2 Å². The quantitative estimate of drug-likeness (QED) is 0.796. The summed E-state index contributed by atoms with van der Waals surface area (Å²) >= 11 is 0. The number of ether oxygens (including phenoxy) is 2. The average Bonchev–Trinajstić information content (AvgIpc) is 2.29. The van der Waals surface area contributed by atoms with Crippen LogP contribution in [-0.2, 0) is 16.1 Å². The van der Waals surface area contributed by atoms with E-state index in [9.17, 15) is 9.18 Å². The van der Waals surface area contributed by atoms with Crippen LogP contribution in [0.25, 0.3) is 0 Å². The molecule has 0 aliphatic carbocycles. The number of hydrogen-bond donors (Lipinski definition) is 1. The van der Waals surface area contributed by atoms with Crippen molar-refractivity contribution < 1.29 is 18.7 Å². The van der Waals surface area contributed by atoms with E-state index in [0.717, 1.165) is 0 Å². The summed E-state index contributed by atoms with van der Waals surface area (Å²) in [6.07, 6.45) is -0.766. The van der Waals surface area contributed by atoms with E-state index < -0.39 is 17.9 Å². The van der Waals surface area contributed by atoms with E-state index in [2.05, 4.69) is 0 Å². The van der Waals surface area contributed by atoms with Gasteiger partial charge in [-0.3, -0.25) is 0 Å². The monoisotopic (exact) mass is 241 g/mol. The van der Waals surface area contributed by atoms with Gasteiger partial charge in [0.2, 0.25) is 0 Å². The lowest BCUT2D eigenvalue weighted by atomic mass is 10.2. The van der Waals surface area contributed by atoms with Crippen molar-refractivity contribution in [2.24, 2.45) is 5.73 Å². The Bertz CT molecular complexity index is 395. The second-order valence-electron chi connectivity index (χ2n) is 3.47. The maximum absolute atomic E-state index is 13.4. The molecule has 0 fully saturated rings. The summed E-state index contributed by atoms with van der Waals surface area (Å²) in [5.41, 5.74) is 5.74. The summed E-state index contributed by atoms with van der Waals surface area (Å²) in [5, 5.41) is 0. The standard InChI is InChI=1S/C12H16FNO3/c1-3-16-12(15)8(2)17-10-5-4-9(7-14)11(13)6-10/h4-6,8H,3,7,14H2,1-2H3/t8-/m0/s1. The average molecular weight is 241 g/mol. The lowest BCUT2D eigenvalue weighted by Gasteiger charge is -2.13. The van der Waals surface area contributed by atoms with E-state index in [-0.39, 0.29) is 18.9 Å². The van der Waals surface area contributed by atoms with Crippen molar-refractivity contribution in [3.8, 4) is 5.75 Å². The minimum atomic E-state index is -0.766. The zero-order chi connectivity index (χ0) is 12.8. The third-order valence-corrected chi connectivity index (χ3v) is 2.18. The van der Waals surface area contributed by atoms with Gasteiger partial charge in [0, 0.05) is 18.2 Å². The fourth-order valence-electron chi connectivity index (χ4n) is 1.28. The zero-order valence-electron chi connectivity index (χ0n) is 9.90. The molecule has 0 saturated carbocycles. The highest BCUT2D eigenvalue weighted by molar-refractivity contribution is 5.74. The van der Waals surface area contributed by atoms with Gasteiger partial charge in [-0.15, -0.1) is 0 Å². The molecule has 0 bridgehead atoms. The number of esters is 1. The van der Waals surface area contributed by atoms with Crippen LogP contribution in [0.3, 0.4) is 0 Å².